The van der Waals surface area contributed by atoms with E-state index < -0.39 is 0 Å². The van der Waals surface area contributed by atoms with Gasteiger partial charge in [-0.3, -0.25) is 4.79 Å². The summed E-state index contributed by atoms with van der Waals surface area (Å²) in [4.78, 5) is 17.4. The van der Waals surface area contributed by atoms with Crippen LogP contribution in [0, 0.1) is 0 Å². The Morgan fingerprint density at radius 3 is 2.39 bits per heavy atom. The largest absolute Gasteiger partial charge is 0.489 e. The van der Waals surface area contributed by atoms with Crippen LogP contribution in [-0.4, -0.2) is 17.1 Å². The van der Waals surface area contributed by atoms with Crippen molar-refractivity contribution in [3.63, 3.8) is 0 Å². The van der Waals surface area contributed by atoms with E-state index in [0.717, 1.165) is 17.0 Å². The maximum absolute atomic E-state index is 12.5. The molecule has 6 nitrogen and oxygen atoms in total. The molecule has 2 N–H and O–H groups in total. The van der Waals surface area contributed by atoms with E-state index in [2.05, 4.69) is 53.7 Å². The van der Waals surface area contributed by atoms with Crippen LogP contribution in [0.15, 0.2) is 84.0 Å². The highest BCUT2D eigenvalue weighted by molar-refractivity contribution is 7.17. The Kier molecular flexibility index (Phi) is 8.03. The second-order valence-corrected chi connectivity index (χ2v) is 10.5. The topological polar surface area (TPSA) is 75.6 Å². The van der Waals surface area contributed by atoms with E-state index >= 15 is 0 Å². The number of benzene rings is 3. The molecule has 0 radical (unpaired) electrons. The van der Waals surface area contributed by atoms with Crippen LogP contribution in [0.5, 0.6) is 5.75 Å². The summed E-state index contributed by atoms with van der Waals surface area (Å²) in [6, 6.07) is 25.0. The normalized spacial score (nSPS) is 11.4. The van der Waals surface area contributed by atoms with Crippen LogP contribution in [0.2, 0.25) is 5.15 Å². The molecule has 1 amide bonds. The van der Waals surface area contributed by atoms with Crippen molar-refractivity contribution in [1.82, 2.24) is 10.4 Å². The Hall–Kier alpha value is -3.68. The summed E-state index contributed by atoms with van der Waals surface area (Å²) in [5.74, 6) is 0.489. The second kappa shape index (κ2) is 11.4. The first-order chi connectivity index (χ1) is 17.3. The summed E-state index contributed by atoms with van der Waals surface area (Å²) < 4.78 is 5.88. The predicted molar refractivity (Wildman–Crippen MR) is 148 cm³/mol. The standard InChI is InChI=1S/C28H27ClN4O2S/c1-28(2,3)21-13-15-23(16-14-21)35-18-19-9-11-20(12-10-19)26(34)33-30-17-24-25(29)32-27(36-24)31-22-7-5-4-6-8-22/h4-17H,18H2,1-3H3,(H,31,32)(H,33,34). The highest BCUT2D eigenvalue weighted by Crippen LogP contribution is 2.28. The summed E-state index contributed by atoms with van der Waals surface area (Å²) >= 11 is 7.55. The maximum Gasteiger partial charge on any atom is 0.271 e. The monoisotopic (exact) mass is 518 g/mol. The van der Waals surface area contributed by atoms with Crippen LogP contribution >= 0.6 is 22.9 Å². The van der Waals surface area contributed by atoms with Crippen molar-refractivity contribution in [3.8, 4) is 5.75 Å². The van der Waals surface area contributed by atoms with E-state index in [4.69, 9.17) is 16.3 Å². The van der Waals surface area contributed by atoms with Crippen LogP contribution in [0.25, 0.3) is 0 Å². The molecule has 0 aliphatic rings. The molecule has 0 bridgehead atoms. The SMILES string of the molecule is CC(C)(C)c1ccc(OCc2ccc(C(=O)NN=Cc3sc(Nc4ccccc4)nc3Cl)cc2)cc1. The molecule has 1 aromatic heterocycles. The summed E-state index contributed by atoms with van der Waals surface area (Å²) in [7, 11) is 0. The van der Waals surface area contributed by atoms with E-state index in [-0.39, 0.29) is 11.3 Å². The first kappa shape index (κ1) is 25.4. The number of carbonyl (C=O) groups excluding carboxylic acids is 1. The number of nitrogens with one attached hydrogen (secondary N) is 2. The molecule has 0 saturated carbocycles. The second-order valence-electron chi connectivity index (χ2n) is 9.12. The lowest BCUT2D eigenvalue weighted by Gasteiger charge is -2.19. The number of anilines is 2. The number of amides is 1. The van der Waals surface area contributed by atoms with Crippen molar-refractivity contribution in [1.29, 1.82) is 0 Å². The highest BCUT2D eigenvalue weighted by atomic mass is 35.5. The molecule has 184 valence electrons. The third-order valence-electron chi connectivity index (χ3n) is 5.32. The maximum atomic E-state index is 12.5. The minimum Gasteiger partial charge on any atom is -0.489 e. The zero-order valence-corrected chi connectivity index (χ0v) is 21.9. The number of ether oxygens (including phenoxy) is 1. The van der Waals surface area contributed by atoms with E-state index in [0.29, 0.717) is 27.3 Å². The van der Waals surface area contributed by atoms with Gasteiger partial charge in [-0.05, 0) is 52.9 Å². The number of para-hydroxylation sites is 1. The number of nitrogens with zero attached hydrogens (tertiary/aromatic N) is 2. The third-order valence-corrected chi connectivity index (χ3v) is 6.63. The van der Waals surface area contributed by atoms with Gasteiger partial charge >= 0.3 is 0 Å². The molecule has 0 saturated heterocycles. The van der Waals surface area contributed by atoms with Gasteiger partial charge in [-0.2, -0.15) is 5.10 Å². The van der Waals surface area contributed by atoms with Gasteiger partial charge in [-0.15, -0.1) is 0 Å². The number of carbonyl (C=O) groups is 1. The van der Waals surface area contributed by atoms with Crippen LogP contribution in [0.1, 0.15) is 47.1 Å². The predicted octanol–water partition coefficient (Wildman–Crippen LogP) is 7.18. The minimum absolute atomic E-state index is 0.106. The first-order valence-corrected chi connectivity index (χ1v) is 12.6. The summed E-state index contributed by atoms with van der Waals surface area (Å²) in [6.45, 7) is 6.96. The fraction of sp³-hybridized carbons (Fsp3) is 0.179. The molecule has 0 aliphatic carbocycles. The molecule has 0 atom stereocenters. The highest BCUT2D eigenvalue weighted by Gasteiger charge is 2.13. The quantitative estimate of drug-likeness (QED) is 0.191. The fourth-order valence-corrected chi connectivity index (χ4v) is 4.32. The van der Waals surface area contributed by atoms with Crippen LogP contribution < -0.4 is 15.5 Å². The molecule has 0 unspecified atom stereocenters. The molecule has 3 aromatic carbocycles. The lowest BCUT2D eigenvalue weighted by Crippen LogP contribution is -2.17. The molecular weight excluding hydrogens is 492 g/mol. The van der Waals surface area contributed by atoms with Gasteiger partial charge < -0.3 is 10.1 Å². The third kappa shape index (κ3) is 6.93. The molecule has 36 heavy (non-hydrogen) atoms. The Bertz CT molecular complexity index is 1330. The van der Waals surface area contributed by atoms with E-state index in [9.17, 15) is 4.79 Å². The van der Waals surface area contributed by atoms with Crippen molar-refractivity contribution in [2.45, 2.75) is 32.8 Å². The Balaban J connectivity index is 1.28. The molecular formula is C28H27ClN4O2S. The van der Waals surface area contributed by atoms with Crippen LogP contribution in [-0.2, 0) is 12.0 Å². The van der Waals surface area contributed by atoms with Crippen molar-refractivity contribution in [2.24, 2.45) is 5.10 Å². The van der Waals surface area contributed by atoms with Gasteiger partial charge in [0, 0.05) is 11.3 Å². The van der Waals surface area contributed by atoms with Gasteiger partial charge in [0.15, 0.2) is 10.3 Å². The number of hydrazone groups is 1. The van der Waals surface area contributed by atoms with Crippen molar-refractivity contribution in [3.05, 3.63) is 106 Å². The number of hydrogen-bond acceptors (Lipinski definition) is 6. The van der Waals surface area contributed by atoms with Crippen LogP contribution in [0.3, 0.4) is 0 Å². The van der Waals surface area contributed by atoms with Gasteiger partial charge in [0.25, 0.3) is 5.91 Å². The molecule has 0 spiro atoms. The molecule has 0 aliphatic heterocycles. The van der Waals surface area contributed by atoms with Gasteiger partial charge in [-0.25, -0.2) is 10.4 Å². The molecule has 0 fully saturated rings. The Labute approximate surface area is 220 Å². The van der Waals surface area contributed by atoms with E-state index in [1.807, 2.05) is 54.6 Å². The first-order valence-electron chi connectivity index (χ1n) is 11.4. The number of aromatic nitrogens is 1. The lowest BCUT2D eigenvalue weighted by atomic mass is 9.87. The Morgan fingerprint density at radius 1 is 1.03 bits per heavy atom. The van der Waals surface area contributed by atoms with Crippen molar-refractivity contribution < 1.29 is 9.53 Å². The smallest absolute Gasteiger partial charge is 0.271 e. The summed E-state index contributed by atoms with van der Waals surface area (Å²) in [5.41, 5.74) is 6.26. The zero-order chi connectivity index (χ0) is 25.5. The minimum atomic E-state index is -0.320. The zero-order valence-electron chi connectivity index (χ0n) is 20.3. The summed E-state index contributed by atoms with van der Waals surface area (Å²) in [6.07, 6.45) is 1.49. The van der Waals surface area contributed by atoms with Crippen LogP contribution in [0.4, 0.5) is 10.8 Å². The van der Waals surface area contributed by atoms with Gasteiger partial charge in [0.1, 0.15) is 12.4 Å². The average molecular weight is 519 g/mol. The number of rotatable bonds is 8. The van der Waals surface area contributed by atoms with E-state index in [1.54, 1.807) is 12.1 Å². The van der Waals surface area contributed by atoms with Crippen molar-refractivity contribution >= 4 is 45.9 Å². The molecule has 8 heteroatoms. The Morgan fingerprint density at radius 2 is 1.72 bits per heavy atom. The molecule has 4 rings (SSSR count). The number of hydrogen-bond donors (Lipinski definition) is 2. The van der Waals surface area contributed by atoms with Crippen molar-refractivity contribution in [2.75, 3.05) is 5.32 Å². The molecule has 4 aromatic rings. The summed E-state index contributed by atoms with van der Waals surface area (Å²) in [5, 5.41) is 8.17. The van der Waals surface area contributed by atoms with E-state index in [1.165, 1.54) is 23.1 Å². The molecule has 1 heterocycles. The van der Waals surface area contributed by atoms with Gasteiger partial charge in [-0.1, -0.05) is 86.2 Å². The lowest BCUT2D eigenvalue weighted by molar-refractivity contribution is 0.0955. The number of halogens is 1. The van der Waals surface area contributed by atoms with Gasteiger partial charge in [0.2, 0.25) is 0 Å². The fourth-order valence-electron chi connectivity index (χ4n) is 3.28. The number of thiazole rings is 1. The average Bonchev–Trinajstić information content (AvgIpc) is 3.21. The van der Waals surface area contributed by atoms with Gasteiger partial charge in [0.05, 0.1) is 11.1 Å².